The van der Waals surface area contributed by atoms with Crippen molar-refractivity contribution in [2.24, 2.45) is 5.73 Å². The summed E-state index contributed by atoms with van der Waals surface area (Å²) in [4.78, 5) is 22.0. The molecule has 7 heteroatoms. The number of rotatable bonds is 7. The first-order chi connectivity index (χ1) is 9.40. The molecule has 0 aliphatic heterocycles. The number of carbonyl (C=O) groups is 2. The zero-order chi connectivity index (χ0) is 15.1. The number of hydrogen-bond donors (Lipinski definition) is 5. The van der Waals surface area contributed by atoms with E-state index in [9.17, 15) is 9.59 Å². The highest BCUT2D eigenvalue weighted by molar-refractivity contribution is 5.81. The number of aromatic hydroxyl groups is 1. The molecule has 1 aromatic carbocycles. The molecular formula is C13H18N2O5. The third kappa shape index (κ3) is 5.25. The van der Waals surface area contributed by atoms with E-state index in [0.29, 0.717) is 6.42 Å². The molecule has 1 amide bonds. The van der Waals surface area contributed by atoms with Gasteiger partial charge in [-0.15, -0.1) is 0 Å². The summed E-state index contributed by atoms with van der Waals surface area (Å²) in [6.07, 6.45) is -1.27. The maximum absolute atomic E-state index is 11.7. The molecule has 20 heavy (non-hydrogen) atoms. The van der Waals surface area contributed by atoms with Crippen LogP contribution in [0.2, 0.25) is 0 Å². The highest BCUT2D eigenvalue weighted by Gasteiger charge is 2.16. The SMILES string of the molecule is N[C@@H](Cc1ccc(O)cc1)C(=O)NCC[C@H](O)C(=O)O. The molecule has 0 bridgehead atoms. The largest absolute Gasteiger partial charge is 0.508 e. The summed E-state index contributed by atoms with van der Waals surface area (Å²) in [5.41, 5.74) is 6.51. The number of hydrogen-bond acceptors (Lipinski definition) is 5. The predicted octanol–water partition coefficient (Wildman–Crippen LogP) is -0.786. The molecule has 0 spiro atoms. The maximum atomic E-state index is 11.7. The first kappa shape index (κ1) is 15.9. The minimum absolute atomic E-state index is 0.0373. The van der Waals surface area contributed by atoms with Gasteiger partial charge in [0.15, 0.2) is 6.10 Å². The molecule has 0 radical (unpaired) electrons. The van der Waals surface area contributed by atoms with Crippen molar-refractivity contribution >= 4 is 11.9 Å². The standard InChI is InChI=1S/C13H18N2O5/c14-10(7-8-1-3-9(16)4-2-8)12(18)15-6-5-11(17)13(19)20/h1-4,10-11,16-17H,5-7,14H2,(H,15,18)(H,19,20)/t10-,11-/m0/s1. The first-order valence-corrected chi connectivity index (χ1v) is 6.12. The second-order valence-corrected chi connectivity index (χ2v) is 4.41. The van der Waals surface area contributed by atoms with Gasteiger partial charge in [0, 0.05) is 13.0 Å². The molecule has 1 rings (SSSR count). The van der Waals surface area contributed by atoms with Crippen molar-refractivity contribution in [3.8, 4) is 5.75 Å². The van der Waals surface area contributed by atoms with Crippen molar-refractivity contribution in [1.82, 2.24) is 5.32 Å². The summed E-state index contributed by atoms with van der Waals surface area (Å²) in [5.74, 6) is -1.61. The third-order valence-corrected chi connectivity index (χ3v) is 2.73. The molecule has 6 N–H and O–H groups in total. The molecule has 0 aromatic heterocycles. The summed E-state index contributed by atoms with van der Waals surface area (Å²) < 4.78 is 0. The lowest BCUT2D eigenvalue weighted by Crippen LogP contribution is -2.43. The number of nitrogens with one attached hydrogen (secondary N) is 1. The van der Waals surface area contributed by atoms with Gasteiger partial charge < -0.3 is 26.4 Å². The summed E-state index contributed by atoms with van der Waals surface area (Å²) in [7, 11) is 0. The highest BCUT2D eigenvalue weighted by Crippen LogP contribution is 2.10. The average molecular weight is 282 g/mol. The number of benzene rings is 1. The lowest BCUT2D eigenvalue weighted by atomic mass is 10.1. The van der Waals surface area contributed by atoms with E-state index in [1.165, 1.54) is 12.1 Å². The van der Waals surface area contributed by atoms with Gasteiger partial charge in [0.1, 0.15) is 5.75 Å². The van der Waals surface area contributed by atoms with Crippen molar-refractivity contribution < 1.29 is 24.9 Å². The van der Waals surface area contributed by atoms with Gasteiger partial charge in [-0.1, -0.05) is 12.1 Å². The van der Waals surface area contributed by atoms with Gasteiger partial charge in [-0.25, -0.2) is 4.79 Å². The zero-order valence-electron chi connectivity index (χ0n) is 10.8. The van der Waals surface area contributed by atoms with E-state index in [4.69, 9.17) is 21.1 Å². The van der Waals surface area contributed by atoms with Gasteiger partial charge in [-0.2, -0.15) is 0 Å². The van der Waals surface area contributed by atoms with Gasteiger partial charge in [0.25, 0.3) is 0 Å². The normalized spacial score (nSPS) is 13.5. The Balaban J connectivity index is 2.35. The quantitative estimate of drug-likeness (QED) is 0.445. The van der Waals surface area contributed by atoms with Gasteiger partial charge in [-0.05, 0) is 24.1 Å². The summed E-state index contributed by atoms with van der Waals surface area (Å²) in [6, 6.07) is 5.56. The van der Waals surface area contributed by atoms with Gasteiger partial charge in [0.05, 0.1) is 6.04 Å². The van der Waals surface area contributed by atoms with E-state index in [2.05, 4.69) is 5.32 Å². The van der Waals surface area contributed by atoms with Crippen LogP contribution in [-0.2, 0) is 16.0 Å². The summed E-state index contributed by atoms with van der Waals surface area (Å²) in [6.45, 7) is 0.0373. The minimum Gasteiger partial charge on any atom is -0.508 e. The second kappa shape index (κ2) is 7.46. The van der Waals surface area contributed by atoms with Crippen LogP contribution in [0.15, 0.2) is 24.3 Å². The highest BCUT2D eigenvalue weighted by atomic mass is 16.4. The molecule has 0 unspecified atom stereocenters. The molecule has 0 heterocycles. The summed E-state index contributed by atoms with van der Waals surface area (Å²) in [5, 5.41) is 29.1. The Morgan fingerprint density at radius 2 is 1.85 bits per heavy atom. The van der Waals surface area contributed by atoms with Crippen molar-refractivity contribution in [2.45, 2.75) is 25.0 Å². The van der Waals surface area contributed by atoms with E-state index < -0.39 is 24.0 Å². The van der Waals surface area contributed by atoms with Crippen LogP contribution in [0.5, 0.6) is 5.75 Å². The van der Waals surface area contributed by atoms with Crippen molar-refractivity contribution in [1.29, 1.82) is 0 Å². The van der Waals surface area contributed by atoms with Crippen LogP contribution in [0.1, 0.15) is 12.0 Å². The lowest BCUT2D eigenvalue weighted by molar-refractivity contribution is -0.147. The Hall–Kier alpha value is -2.12. The Kier molecular flexibility index (Phi) is 5.95. The first-order valence-electron chi connectivity index (χ1n) is 6.12. The molecule has 0 fully saturated rings. The summed E-state index contributed by atoms with van der Waals surface area (Å²) >= 11 is 0. The fourth-order valence-electron chi connectivity index (χ4n) is 1.57. The number of aliphatic hydroxyl groups is 1. The van der Waals surface area contributed by atoms with Crippen LogP contribution in [0.25, 0.3) is 0 Å². The lowest BCUT2D eigenvalue weighted by Gasteiger charge is -2.13. The van der Waals surface area contributed by atoms with E-state index in [-0.39, 0.29) is 18.7 Å². The van der Waals surface area contributed by atoms with Crippen molar-refractivity contribution in [3.63, 3.8) is 0 Å². The second-order valence-electron chi connectivity index (χ2n) is 4.41. The van der Waals surface area contributed by atoms with E-state index in [1.54, 1.807) is 12.1 Å². The van der Waals surface area contributed by atoms with Gasteiger partial charge >= 0.3 is 5.97 Å². The minimum atomic E-state index is -1.50. The number of aliphatic carboxylic acids is 1. The Morgan fingerprint density at radius 1 is 1.25 bits per heavy atom. The molecule has 0 aliphatic rings. The van der Waals surface area contributed by atoms with Crippen molar-refractivity contribution in [3.05, 3.63) is 29.8 Å². The smallest absolute Gasteiger partial charge is 0.332 e. The topological polar surface area (TPSA) is 133 Å². The van der Waals surface area contributed by atoms with E-state index in [1.807, 2.05) is 0 Å². The van der Waals surface area contributed by atoms with Crippen LogP contribution in [0.4, 0.5) is 0 Å². The van der Waals surface area contributed by atoms with E-state index >= 15 is 0 Å². The Morgan fingerprint density at radius 3 is 2.40 bits per heavy atom. The molecule has 0 saturated carbocycles. The number of amides is 1. The van der Waals surface area contributed by atoms with E-state index in [0.717, 1.165) is 5.56 Å². The van der Waals surface area contributed by atoms with Gasteiger partial charge in [0.2, 0.25) is 5.91 Å². The van der Waals surface area contributed by atoms with Crippen LogP contribution in [0.3, 0.4) is 0 Å². The number of nitrogens with two attached hydrogens (primary N) is 1. The Labute approximate surface area is 116 Å². The molecule has 2 atom stereocenters. The van der Waals surface area contributed by atoms with Crippen molar-refractivity contribution in [2.75, 3.05) is 6.54 Å². The van der Waals surface area contributed by atoms with Crippen LogP contribution in [-0.4, -0.2) is 45.9 Å². The molecule has 110 valence electrons. The molecule has 0 aliphatic carbocycles. The maximum Gasteiger partial charge on any atom is 0.332 e. The van der Waals surface area contributed by atoms with Crippen LogP contribution >= 0.6 is 0 Å². The fraction of sp³-hybridized carbons (Fsp3) is 0.385. The number of carbonyl (C=O) groups excluding carboxylic acids is 1. The van der Waals surface area contributed by atoms with Gasteiger partial charge in [-0.3, -0.25) is 4.79 Å². The Bertz CT molecular complexity index is 460. The number of phenols is 1. The molecule has 0 saturated heterocycles. The monoisotopic (exact) mass is 282 g/mol. The number of carboxylic acids is 1. The molecule has 7 nitrogen and oxygen atoms in total. The molecule has 1 aromatic rings. The zero-order valence-corrected chi connectivity index (χ0v) is 10.8. The fourth-order valence-corrected chi connectivity index (χ4v) is 1.57. The number of carboxylic acid groups (broad SMARTS) is 1. The van der Waals surface area contributed by atoms with Crippen LogP contribution in [0, 0.1) is 0 Å². The number of phenolic OH excluding ortho intramolecular Hbond substituents is 1. The average Bonchev–Trinajstić information content (AvgIpc) is 2.40. The van der Waals surface area contributed by atoms with Crippen LogP contribution < -0.4 is 11.1 Å². The number of aliphatic hydroxyl groups excluding tert-OH is 1. The molecular weight excluding hydrogens is 264 g/mol. The third-order valence-electron chi connectivity index (χ3n) is 2.73. The predicted molar refractivity (Wildman–Crippen MR) is 71.1 cm³/mol.